The molecule has 1 saturated carbocycles. The highest BCUT2D eigenvalue weighted by atomic mass is 35.5. The number of hydrogen-bond acceptors (Lipinski definition) is 0. The van der Waals surface area contributed by atoms with Crippen molar-refractivity contribution in [1.29, 1.82) is 0 Å². The predicted octanol–water partition coefficient (Wildman–Crippen LogP) is 4.12. The van der Waals surface area contributed by atoms with Gasteiger partial charge < -0.3 is 0 Å². The SMILES string of the molecule is CC(F)C1(c2cccc(Cl)c2)CCC1. The average molecular weight is 213 g/mol. The first-order chi connectivity index (χ1) is 6.65. The third-order valence-electron chi connectivity index (χ3n) is 3.41. The van der Waals surface area contributed by atoms with Crippen molar-refractivity contribution in [2.45, 2.75) is 37.8 Å². The zero-order chi connectivity index (χ0) is 10.2. The zero-order valence-electron chi connectivity index (χ0n) is 8.26. The first kappa shape index (κ1) is 9.97. The van der Waals surface area contributed by atoms with Crippen LogP contribution in [0.4, 0.5) is 4.39 Å². The summed E-state index contributed by atoms with van der Waals surface area (Å²) in [6, 6.07) is 7.62. The summed E-state index contributed by atoms with van der Waals surface area (Å²) in [6.07, 6.45) is 2.24. The lowest BCUT2D eigenvalue weighted by atomic mass is 9.62. The lowest BCUT2D eigenvalue weighted by molar-refractivity contribution is 0.114. The summed E-state index contributed by atoms with van der Waals surface area (Å²) in [7, 11) is 0. The molecule has 1 aliphatic rings. The lowest BCUT2D eigenvalue weighted by Crippen LogP contribution is -2.41. The molecule has 2 rings (SSSR count). The molecule has 76 valence electrons. The molecule has 2 heteroatoms. The Bertz CT molecular complexity index is 329. The van der Waals surface area contributed by atoms with Crippen LogP contribution in [-0.4, -0.2) is 6.17 Å². The number of hydrogen-bond donors (Lipinski definition) is 0. The number of halogens is 2. The van der Waals surface area contributed by atoms with Crippen molar-refractivity contribution in [2.75, 3.05) is 0 Å². The Kier molecular flexibility index (Phi) is 2.52. The molecule has 1 aromatic carbocycles. The maximum absolute atomic E-state index is 13.6. The van der Waals surface area contributed by atoms with E-state index in [1.54, 1.807) is 6.92 Å². The first-order valence-electron chi connectivity index (χ1n) is 5.05. The molecule has 1 atom stereocenters. The van der Waals surface area contributed by atoms with Crippen LogP contribution in [0.15, 0.2) is 24.3 Å². The molecule has 0 bridgehead atoms. The molecule has 1 aromatic rings. The Balaban J connectivity index is 2.37. The number of benzene rings is 1. The topological polar surface area (TPSA) is 0 Å². The highest BCUT2D eigenvalue weighted by Crippen LogP contribution is 2.47. The maximum atomic E-state index is 13.6. The largest absolute Gasteiger partial charge is 0.247 e. The lowest BCUT2D eigenvalue weighted by Gasteiger charge is -2.43. The van der Waals surface area contributed by atoms with Crippen LogP contribution in [0.1, 0.15) is 31.7 Å². The van der Waals surface area contributed by atoms with Crippen molar-refractivity contribution in [3.63, 3.8) is 0 Å². The minimum atomic E-state index is -0.783. The van der Waals surface area contributed by atoms with Gasteiger partial charge in [-0.05, 0) is 37.5 Å². The van der Waals surface area contributed by atoms with E-state index < -0.39 is 6.17 Å². The normalized spacial score (nSPS) is 21.4. The van der Waals surface area contributed by atoms with Crippen molar-refractivity contribution < 1.29 is 4.39 Å². The van der Waals surface area contributed by atoms with Crippen LogP contribution in [0.3, 0.4) is 0 Å². The molecule has 0 aliphatic heterocycles. The molecule has 0 nitrogen and oxygen atoms in total. The van der Waals surface area contributed by atoms with Gasteiger partial charge in [-0.25, -0.2) is 4.39 Å². The molecule has 0 spiro atoms. The molecule has 0 heterocycles. The number of alkyl halides is 1. The van der Waals surface area contributed by atoms with Gasteiger partial charge >= 0.3 is 0 Å². The zero-order valence-corrected chi connectivity index (χ0v) is 9.02. The van der Waals surface area contributed by atoms with Crippen molar-refractivity contribution in [3.8, 4) is 0 Å². The molecule has 1 unspecified atom stereocenters. The van der Waals surface area contributed by atoms with E-state index >= 15 is 0 Å². The van der Waals surface area contributed by atoms with Crippen molar-refractivity contribution >= 4 is 11.6 Å². The Morgan fingerprint density at radius 3 is 2.57 bits per heavy atom. The summed E-state index contributed by atoms with van der Waals surface area (Å²) in [5, 5.41) is 0.703. The minimum absolute atomic E-state index is 0.245. The van der Waals surface area contributed by atoms with E-state index in [0.717, 1.165) is 24.8 Å². The van der Waals surface area contributed by atoms with Crippen LogP contribution in [0.5, 0.6) is 0 Å². The fourth-order valence-electron chi connectivity index (χ4n) is 2.27. The molecule has 14 heavy (non-hydrogen) atoms. The van der Waals surface area contributed by atoms with E-state index in [1.807, 2.05) is 24.3 Å². The predicted molar refractivity (Wildman–Crippen MR) is 57.6 cm³/mol. The van der Waals surface area contributed by atoms with Gasteiger partial charge in [-0.15, -0.1) is 0 Å². The van der Waals surface area contributed by atoms with Crippen LogP contribution in [0.2, 0.25) is 5.02 Å². The van der Waals surface area contributed by atoms with Crippen LogP contribution in [0.25, 0.3) is 0 Å². The van der Waals surface area contributed by atoms with Gasteiger partial charge in [-0.2, -0.15) is 0 Å². The summed E-state index contributed by atoms with van der Waals surface area (Å²) in [5.74, 6) is 0. The Morgan fingerprint density at radius 1 is 1.43 bits per heavy atom. The maximum Gasteiger partial charge on any atom is 0.107 e. The summed E-state index contributed by atoms with van der Waals surface area (Å²) >= 11 is 5.91. The van der Waals surface area contributed by atoms with Crippen LogP contribution in [0, 0.1) is 0 Å². The quantitative estimate of drug-likeness (QED) is 0.692. The highest BCUT2D eigenvalue weighted by molar-refractivity contribution is 6.30. The molecule has 0 radical (unpaired) electrons. The van der Waals surface area contributed by atoms with Gasteiger partial charge in [0.2, 0.25) is 0 Å². The van der Waals surface area contributed by atoms with Crippen molar-refractivity contribution in [1.82, 2.24) is 0 Å². The smallest absolute Gasteiger partial charge is 0.107 e. The van der Waals surface area contributed by atoms with Gasteiger partial charge in [0, 0.05) is 10.4 Å². The Hall–Kier alpha value is -0.560. The average Bonchev–Trinajstić information content (AvgIpc) is 2.00. The van der Waals surface area contributed by atoms with Crippen LogP contribution >= 0.6 is 11.6 Å². The van der Waals surface area contributed by atoms with Crippen LogP contribution < -0.4 is 0 Å². The van der Waals surface area contributed by atoms with E-state index in [1.165, 1.54) is 0 Å². The first-order valence-corrected chi connectivity index (χ1v) is 5.43. The fourth-order valence-corrected chi connectivity index (χ4v) is 2.46. The monoisotopic (exact) mass is 212 g/mol. The van der Waals surface area contributed by atoms with Gasteiger partial charge in [-0.3, -0.25) is 0 Å². The molecule has 0 N–H and O–H groups in total. The summed E-state index contributed by atoms with van der Waals surface area (Å²) < 4.78 is 13.6. The third-order valence-corrected chi connectivity index (χ3v) is 3.64. The summed E-state index contributed by atoms with van der Waals surface area (Å²) in [5.41, 5.74) is 0.816. The standard InChI is InChI=1S/C12H14ClF/c1-9(14)12(6-3-7-12)10-4-2-5-11(13)8-10/h2,4-5,8-9H,3,6-7H2,1H3. The van der Waals surface area contributed by atoms with Crippen molar-refractivity contribution in [3.05, 3.63) is 34.9 Å². The van der Waals surface area contributed by atoms with E-state index in [-0.39, 0.29) is 5.41 Å². The van der Waals surface area contributed by atoms with E-state index in [9.17, 15) is 4.39 Å². The molecule has 1 aliphatic carbocycles. The molecule has 0 saturated heterocycles. The van der Waals surface area contributed by atoms with Gasteiger partial charge in [0.05, 0.1) is 0 Å². The van der Waals surface area contributed by atoms with E-state index in [4.69, 9.17) is 11.6 Å². The van der Waals surface area contributed by atoms with E-state index in [2.05, 4.69) is 0 Å². The van der Waals surface area contributed by atoms with Gasteiger partial charge in [0.1, 0.15) is 6.17 Å². The Morgan fingerprint density at radius 2 is 2.14 bits per heavy atom. The van der Waals surface area contributed by atoms with E-state index in [0.29, 0.717) is 5.02 Å². The van der Waals surface area contributed by atoms with Crippen LogP contribution in [-0.2, 0) is 5.41 Å². The summed E-state index contributed by atoms with van der Waals surface area (Å²) in [4.78, 5) is 0. The molecule has 0 aromatic heterocycles. The Labute approximate surface area is 89.1 Å². The number of rotatable bonds is 2. The summed E-state index contributed by atoms with van der Waals surface area (Å²) in [6.45, 7) is 1.65. The highest BCUT2D eigenvalue weighted by Gasteiger charge is 2.43. The molecule has 1 fully saturated rings. The second-order valence-corrected chi connectivity index (χ2v) is 4.57. The molecule has 0 amide bonds. The second kappa shape index (κ2) is 3.54. The van der Waals surface area contributed by atoms with Gasteiger partial charge in [0.15, 0.2) is 0 Å². The van der Waals surface area contributed by atoms with Crippen molar-refractivity contribution in [2.24, 2.45) is 0 Å². The molecular formula is C12H14ClF. The second-order valence-electron chi connectivity index (χ2n) is 4.14. The van der Waals surface area contributed by atoms with Gasteiger partial charge in [-0.1, -0.05) is 30.2 Å². The van der Waals surface area contributed by atoms with Gasteiger partial charge in [0.25, 0.3) is 0 Å². The fraction of sp³-hybridized carbons (Fsp3) is 0.500. The third kappa shape index (κ3) is 1.44. The molecular weight excluding hydrogens is 199 g/mol. The minimum Gasteiger partial charge on any atom is -0.247 e.